The van der Waals surface area contributed by atoms with E-state index < -0.39 is 58.7 Å². The van der Waals surface area contributed by atoms with Crippen LogP contribution in [-0.4, -0.2) is 6.61 Å². The average molecular weight is 569 g/mol. The SMILES string of the molecule is CCCCCC1CCC(c2c(F)c(F)c(C)c(F)c2Oc2ccccc2-c2cc(F)c(OC(F)F)c(F)c2)CC1. The third-order valence-corrected chi connectivity index (χ3v) is 7.62. The minimum absolute atomic E-state index is 0.0799. The van der Waals surface area contributed by atoms with Gasteiger partial charge < -0.3 is 9.47 Å². The summed E-state index contributed by atoms with van der Waals surface area (Å²) in [4.78, 5) is 0. The van der Waals surface area contributed by atoms with Crippen LogP contribution in [0.15, 0.2) is 36.4 Å². The van der Waals surface area contributed by atoms with Gasteiger partial charge in [-0.2, -0.15) is 8.78 Å². The zero-order valence-corrected chi connectivity index (χ0v) is 22.3. The van der Waals surface area contributed by atoms with E-state index in [-0.39, 0.29) is 22.4 Å². The summed E-state index contributed by atoms with van der Waals surface area (Å²) in [6.07, 6.45) is 7.08. The molecular weight excluding hydrogens is 537 g/mol. The van der Waals surface area contributed by atoms with Crippen molar-refractivity contribution < 1.29 is 40.2 Å². The fourth-order valence-corrected chi connectivity index (χ4v) is 5.48. The molecule has 0 radical (unpaired) electrons. The molecule has 0 N–H and O–H groups in total. The van der Waals surface area contributed by atoms with Crippen molar-refractivity contribution in [1.29, 1.82) is 0 Å². The van der Waals surface area contributed by atoms with Gasteiger partial charge >= 0.3 is 6.61 Å². The molecule has 0 atom stereocenters. The molecule has 9 heteroatoms. The zero-order chi connectivity index (χ0) is 29.0. The second kappa shape index (κ2) is 13.0. The van der Waals surface area contributed by atoms with Crippen LogP contribution < -0.4 is 9.47 Å². The van der Waals surface area contributed by atoms with Crippen molar-refractivity contribution in [3.8, 4) is 28.4 Å². The van der Waals surface area contributed by atoms with E-state index in [1.807, 2.05) is 0 Å². The first-order chi connectivity index (χ1) is 19.1. The first-order valence-corrected chi connectivity index (χ1v) is 13.5. The van der Waals surface area contributed by atoms with Gasteiger partial charge in [-0.15, -0.1) is 0 Å². The second-order valence-electron chi connectivity index (χ2n) is 10.3. The highest BCUT2D eigenvalue weighted by Gasteiger charge is 2.33. The van der Waals surface area contributed by atoms with Crippen molar-refractivity contribution >= 4 is 0 Å². The molecule has 1 saturated carbocycles. The Labute approximate surface area is 229 Å². The molecule has 0 unspecified atom stereocenters. The lowest BCUT2D eigenvalue weighted by atomic mass is 9.76. The maximum absolute atomic E-state index is 15.5. The lowest BCUT2D eigenvalue weighted by Crippen LogP contribution is -2.17. The number of hydrogen-bond donors (Lipinski definition) is 0. The van der Waals surface area contributed by atoms with Gasteiger partial charge in [0, 0.05) is 16.7 Å². The Morgan fingerprint density at radius 3 is 2.10 bits per heavy atom. The third kappa shape index (κ3) is 6.39. The Balaban J connectivity index is 1.70. The van der Waals surface area contributed by atoms with Crippen LogP contribution in [-0.2, 0) is 0 Å². The molecule has 40 heavy (non-hydrogen) atoms. The number of alkyl halides is 2. The number of rotatable bonds is 10. The number of hydrogen-bond acceptors (Lipinski definition) is 2. The van der Waals surface area contributed by atoms with Crippen LogP contribution in [0.3, 0.4) is 0 Å². The highest BCUT2D eigenvalue weighted by molar-refractivity contribution is 5.72. The third-order valence-electron chi connectivity index (χ3n) is 7.62. The molecule has 1 aliphatic carbocycles. The summed E-state index contributed by atoms with van der Waals surface area (Å²) >= 11 is 0. The lowest BCUT2D eigenvalue weighted by Gasteiger charge is -2.30. The molecule has 0 aromatic heterocycles. The molecule has 3 aromatic carbocycles. The van der Waals surface area contributed by atoms with Crippen LogP contribution in [0.5, 0.6) is 17.2 Å². The molecule has 1 fully saturated rings. The molecule has 3 aromatic rings. The van der Waals surface area contributed by atoms with Crippen LogP contribution >= 0.6 is 0 Å². The minimum atomic E-state index is -3.44. The van der Waals surface area contributed by atoms with Crippen molar-refractivity contribution in [1.82, 2.24) is 0 Å². The Kier molecular flexibility index (Phi) is 9.64. The Morgan fingerprint density at radius 2 is 1.48 bits per heavy atom. The summed E-state index contributed by atoms with van der Waals surface area (Å²) in [5.41, 5.74) is -0.773. The fraction of sp³-hybridized carbons (Fsp3) is 0.419. The Hall–Kier alpha value is -3.23. The number of benzene rings is 3. The molecule has 0 aliphatic heterocycles. The predicted octanol–water partition coefficient (Wildman–Crippen LogP) is 10.6. The normalized spacial score (nSPS) is 17.4. The summed E-state index contributed by atoms with van der Waals surface area (Å²) < 4.78 is 110. The summed E-state index contributed by atoms with van der Waals surface area (Å²) in [6.45, 7) is -0.202. The van der Waals surface area contributed by atoms with E-state index in [9.17, 15) is 22.0 Å². The largest absolute Gasteiger partial charge is 0.453 e. The fourth-order valence-electron chi connectivity index (χ4n) is 5.48. The van der Waals surface area contributed by atoms with Crippen molar-refractivity contribution in [2.75, 3.05) is 0 Å². The van der Waals surface area contributed by atoms with Gasteiger partial charge in [-0.3, -0.25) is 0 Å². The Morgan fingerprint density at radius 1 is 0.825 bits per heavy atom. The van der Waals surface area contributed by atoms with Gasteiger partial charge in [-0.05, 0) is 68.2 Å². The standard InChI is InChI=1S/C31H31F7O2/c1-3-4-5-8-18-11-13-19(14-12-18)25-28(36)26(34)17(2)27(35)30(25)39-24-10-7-6-9-21(24)20-15-22(32)29(23(33)16-20)40-31(37)38/h6-7,9-10,15-16,18-19,31H,3-5,8,11-14H2,1-2H3. The second-order valence-corrected chi connectivity index (χ2v) is 10.3. The molecule has 0 spiro atoms. The lowest BCUT2D eigenvalue weighted by molar-refractivity contribution is -0.0546. The number of para-hydroxylation sites is 1. The van der Waals surface area contributed by atoms with E-state index in [1.165, 1.54) is 24.3 Å². The summed E-state index contributed by atoms with van der Waals surface area (Å²) in [5.74, 6) is -8.08. The molecule has 216 valence electrons. The Bertz CT molecular complexity index is 1310. The summed E-state index contributed by atoms with van der Waals surface area (Å²) in [7, 11) is 0. The number of unbranched alkanes of at least 4 members (excludes halogenated alkanes) is 2. The van der Waals surface area contributed by atoms with Crippen LogP contribution in [0.25, 0.3) is 11.1 Å². The van der Waals surface area contributed by atoms with Gasteiger partial charge in [-0.1, -0.05) is 50.8 Å². The van der Waals surface area contributed by atoms with Crippen LogP contribution in [0.1, 0.15) is 75.3 Å². The number of halogens is 7. The van der Waals surface area contributed by atoms with Gasteiger partial charge in [0.1, 0.15) is 5.75 Å². The summed E-state index contributed by atoms with van der Waals surface area (Å²) in [5, 5.41) is 0. The molecular formula is C31H31F7O2. The van der Waals surface area contributed by atoms with E-state index in [1.54, 1.807) is 0 Å². The molecule has 4 rings (SSSR count). The van der Waals surface area contributed by atoms with Crippen LogP contribution in [0.4, 0.5) is 30.7 Å². The maximum Gasteiger partial charge on any atom is 0.387 e. The van der Waals surface area contributed by atoms with E-state index >= 15 is 8.78 Å². The van der Waals surface area contributed by atoms with Crippen molar-refractivity contribution in [3.63, 3.8) is 0 Å². The molecule has 2 nitrogen and oxygen atoms in total. The smallest absolute Gasteiger partial charge is 0.387 e. The zero-order valence-electron chi connectivity index (χ0n) is 22.3. The first kappa shape index (κ1) is 29.7. The molecule has 0 bridgehead atoms. The van der Waals surface area contributed by atoms with Gasteiger partial charge in [0.25, 0.3) is 0 Å². The quantitative estimate of drug-likeness (QED) is 0.138. The molecule has 1 aliphatic rings. The highest BCUT2D eigenvalue weighted by atomic mass is 19.3. The average Bonchev–Trinajstić information content (AvgIpc) is 2.93. The predicted molar refractivity (Wildman–Crippen MR) is 138 cm³/mol. The monoisotopic (exact) mass is 568 g/mol. The topological polar surface area (TPSA) is 18.5 Å². The highest BCUT2D eigenvalue weighted by Crippen LogP contribution is 2.47. The van der Waals surface area contributed by atoms with E-state index in [0.29, 0.717) is 18.8 Å². The molecule has 0 saturated heterocycles. The maximum atomic E-state index is 15.5. The van der Waals surface area contributed by atoms with Gasteiger partial charge in [0.15, 0.2) is 40.6 Å². The van der Waals surface area contributed by atoms with Crippen molar-refractivity contribution in [3.05, 3.63) is 76.6 Å². The van der Waals surface area contributed by atoms with Crippen molar-refractivity contribution in [2.45, 2.75) is 77.7 Å². The van der Waals surface area contributed by atoms with E-state index in [0.717, 1.165) is 57.6 Å². The summed E-state index contributed by atoms with van der Waals surface area (Å²) in [6, 6.07) is 7.40. The van der Waals surface area contributed by atoms with Gasteiger partial charge in [-0.25, -0.2) is 22.0 Å². The van der Waals surface area contributed by atoms with Crippen LogP contribution in [0.2, 0.25) is 0 Å². The van der Waals surface area contributed by atoms with E-state index in [2.05, 4.69) is 11.7 Å². The van der Waals surface area contributed by atoms with Crippen LogP contribution in [0, 0.1) is 41.9 Å². The first-order valence-electron chi connectivity index (χ1n) is 13.5. The molecule has 0 amide bonds. The van der Waals surface area contributed by atoms with Crippen molar-refractivity contribution in [2.24, 2.45) is 5.92 Å². The minimum Gasteiger partial charge on any atom is -0.453 e. The number of ether oxygens (including phenoxy) is 2. The van der Waals surface area contributed by atoms with Gasteiger partial charge in [0.05, 0.1) is 0 Å². The molecule has 0 heterocycles. The van der Waals surface area contributed by atoms with Gasteiger partial charge in [0.2, 0.25) is 0 Å². The van der Waals surface area contributed by atoms with E-state index in [4.69, 9.17) is 4.74 Å².